The Labute approximate surface area is 245 Å². The summed E-state index contributed by atoms with van der Waals surface area (Å²) >= 11 is 0. The first kappa shape index (κ1) is 31.3. The fraction of sp³-hybridized carbons (Fsp3) is 0.296. The summed E-state index contributed by atoms with van der Waals surface area (Å²) in [7, 11) is -7.18. The van der Waals surface area contributed by atoms with Crippen LogP contribution in [0.5, 0.6) is 0 Å². The number of nitrogens with zero attached hydrogens (tertiary/aromatic N) is 2. The van der Waals surface area contributed by atoms with Crippen LogP contribution in [0.2, 0.25) is 0 Å². The Morgan fingerprint density at radius 3 is 1.92 bits per heavy atom. The van der Waals surface area contributed by atoms with Crippen molar-refractivity contribution < 1.29 is 57.1 Å². The quantitative estimate of drug-likeness (QED) is 0.223. The second-order valence-corrected chi connectivity index (χ2v) is 10.5. The molecule has 0 aliphatic heterocycles. The van der Waals surface area contributed by atoms with Crippen molar-refractivity contribution in [3.8, 4) is 0 Å². The van der Waals surface area contributed by atoms with Gasteiger partial charge in [0.2, 0.25) is 0 Å². The van der Waals surface area contributed by atoms with E-state index in [2.05, 4.69) is 37.2 Å². The van der Waals surface area contributed by atoms with E-state index in [9.17, 15) is 21.4 Å². The molecule has 2 aromatic carbocycles. The fourth-order valence-electron chi connectivity index (χ4n) is 4.34. The van der Waals surface area contributed by atoms with E-state index in [-0.39, 0.29) is 46.5 Å². The number of hydrogen-bond acceptors (Lipinski definition) is 6. The zero-order chi connectivity index (χ0) is 26.5. The normalized spacial score (nSPS) is 13.0. The van der Waals surface area contributed by atoms with E-state index in [1.54, 1.807) is 0 Å². The van der Waals surface area contributed by atoms with Crippen molar-refractivity contribution in [3.63, 3.8) is 0 Å². The van der Waals surface area contributed by atoms with E-state index in [0.29, 0.717) is 5.57 Å². The molecule has 37 heavy (non-hydrogen) atoms. The molecule has 1 aliphatic carbocycles. The molecule has 2 aromatic rings. The molecule has 0 heterocycles. The summed E-state index contributed by atoms with van der Waals surface area (Å²) in [5.74, 6) is 0. The molecular formula is C27H32N2O5S2U. The molecule has 0 fully saturated rings. The first-order valence-electron chi connectivity index (χ1n) is 11.9. The minimum Gasteiger partial charge on any atom is -0.420 e. The van der Waals surface area contributed by atoms with Crippen LogP contribution in [0, 0.1) is 31.1 Å². The maximum absolute atomic E-state index is 12.2. The van der Waals surface area contributed by atoms with E-state index >= 15 is 0 Å². The van der Waals surface area contributed by atoms with Crippen LogP contribution in [0.25, 0.3) is 5.57 Å². The van der Waals surface area contributed by atoms with Crippen molar-refractivity contribution in [2.75, 3.05) is 31.1 Å². The first-order valence-corrected chi connectivity index (χ1v) is 14.4. The third-order valence-electron chi connectivity index (χ3n) is 6.27. The summed E-state index contributed by atoms with van der Waals surface area (Å²) in [6.07, 6.45) is 7.73. The Balaban J connectivity index is 0.00000481. The largest absolute Gasteiger partial charge is 0.420 e. The van der Waals surface area contributed by atoms with Crippen molar-refractivity contribution in [3.05, 3.63) is 83.5 Å². The van der Waals surface area contributed by atoms with E-state index in [1.165, 1.54) is 12.1 Å². The van der Waals surface area contributed by atoms with Gasteiger partial charge in [0, 0.05) is 62.0 Å². The topological polar surface area (TPSA) is 94.8 Å². The van der Waals surface area contributed by atoms with Crippen LogP contribution in [0.15, 0.2) is 82.1 Å². The molecule has 0 unspecified atom stereocenters. The molecule has 0 amide bonds. The molecule has 0 bridgehead atoms. The first-order chi connectivity index (χ1) is 17.1. The zero-order valence-electron chi connectivity index (χ0n) is 21.5. The molecule has 7 nitrogen and oxygen atoms in total. The van der Waals surface area contributed by atoms with Crippen LogP contribution in [0.3, 0.4) is 0 Å². The third-order valence-corrected chi connectivity index (χ3v) is 7.83. The number of hydrogen-bond donors (Lipinski definition) is 1. The minimum atomic E-state index is -4.54. The zero-order valence-corrected chi connectivity index (χ0v) is 27.3. The van der Waals surface area contributed by atoms with Gasteiger partial charge in [0.25, 0.3) is 10.1 Å². The molecule has 196 valence electrons. The smallest absolute Gasteiger partial charge is 0.294 e. The molecule has 0 atom stereocenters. The van der Waals surface area contributed by atoms with Crippen LogP contribution in [0.1, 0.15) is 38.8 Å². The maximum Gasteiger partial charge on any atom is 0.294 e. The summed E-state index contributed by atoms with van der Waals surface area (Å²) < 4.78 is 60.0. The number of rotatable bonds is 9. The van der Waals surface area contributed by atoms with Crippen molar-refractivity contribution in [2.45, 2.75) is 37.5 Å². The van der Waals surface area contributed by atoms with Gasteiger partial charge < -0.3 is 13.3 Å². The molecule has 0 aromatic heterocycles. The number of benzene rings is 2. The standard InChI is InChI=1S/C27H31N2O5S2.U/c1-5-28(6-2)22-13-9-20(10-14-22)27(21-11-15-23(16-12-21)29(7-3)8-4)25-19-24(36(32,33)34)17-18-26(25)35(30)31;/h9-19H,5-8H2,1-4H3;/q-1;/p+1. The van der Waals surface area contributed by atoms with Crippen molar-refractivity contribution in [1.29, 1.82) is 0 Å². The van der Waals surface area contributed by atoms with Gasteiger partial charge in [-0.15, -0.1) is 0 Å². The maximum atomic E-state index is 12.2. The minimum absolute atomic E-state index is 0. The van der Waals surface area contributed by atoms with Gasteiger partial charge >= 0.3 is 0 Å². The second kappa shape index (κ2) is 13.7. The van der Waals surface area contributed by atoms with Crippen LogP contribution in [0.4, 0.5) is 5.69 Å². The average Bonchev–Trinajstić information content (AvgIpc) is 2.87. The van der Waals surface area contributed by atoms with Gasteiger partial charge in [0.1, 0.15) is 13.1 Å². The Hall–Kier alpha value is -1.96. The summed E-state index contributed by atoms with van der Waals surface area (Å²) in [5.41, 5.74) is 4.25. The van der Waals surface area contributed by atoms with E-state index < -0.39 is 20.8 Å². The summed E-state index contributed by atoms with van der Waals surface area (Å²) in [5, 5.41) is 0. The SMILES string of the molecule is CCN(CC)c1ccc(C(=C2C=CC(=[N+](CC)CC)C=C2)c2cc(S(=O)(=O)O)ccc2[S-](=O)=O)cc1.[U]. The molecule has 3 rings (SSSR count). The second-order valence-electron chi connectivity index (χ2n) is 8.18. The molecule has 1 N–H and O–H groups in total. The Morgan fingerprint density at radius 1 is 0.892 bits per heavy atom. The summed E-state index contributed by atoms with van der Waals surface area (Å²) in [6, 6.07) is 11.2. The molecule has 10 heteroatoms. The Bertz CT molecular complexity index is 1400. The van der Waals surface area contributed by atoms with Crippen LogP contribution < -0.4 is 4.90 Å². The Kier molecular flexibility index (Phi) is 11.6. The van der Waals surface area contributed by atoms with E-state index in [0.717, 1.165) is 54.8 Å². The van der Waals surface area contributed by atoms with Gasteiger partial charge in [-0.25, -0.2) is 4.58 Å². The monoisotopic (exact) mass is 766 g/mol. The van der Waals surface area contributed by atoms with Crippen molar-refractivity contribution in [2.24, 2.45) is 0 Å². The molecule has 0 saturated heterocycles. The summed E-state index contributed by atoms with van der Waals surface area (Å²) in [6.45, 7) is 11.7. The molecule has 0 saturated carbocycles. The summed E-state index contributed by atoms with van der Waals surface area (Å²) in [4.78, 5) is 1.76. The van der Waals surface area contributed by atoms with Crippen LogP contribution in [-0.2, 0) is 29.2 Å². The van der Waals surface area contributed by atoms with E-state index in [4.69, 9.17) is 0 Å². The van der Waals surface area contributed by atoms with Crippen LogP contribution >= 0.6 is 0 Å². The van der Waals surface area contributed by atoms with Crippen LogP contribution in [-0.4, -0.2) is 49.4 Å². The van der Waals surface area contributed by atoms with E-state index in [1.807, 2.05) is 48.6 Å². The van der Waals surface area contributed by atoms with Gasteiger partial charge in [-0.1, -0.05) is 23.1 Å². The van der Waals surface area contributed by atoms with Gasteiger partial charge in [-0.2, -0.15) is 8.42 Å². The predicted octanol–water partition coefficient (Wildman–Crippen LogP) is 4.87. The van der Waals surface area contributed by atoms with Gasteiger partial charge in [0.15, 0.2) is 5.71 Å². The average molecular weight is 767 g/mol. The van der Waals surface area contributed by atoms with Crippen molar-refractivity contribution >= 4 is 37.8 Å². The number of allylic oxidation sites excluding steroid dienone is 5. The van der Waals surface area contributed by atoms with Gasteiger partial charge in [-0.05, 0) is 97.1 Å². The molecule has 0 radical (unpaired) electrons. The third kappa shape index (κ3) is 7.33. The molecular weight excluding hydrogens is 734 g/mol. The fourth-order valence-corrected chi connectivity index (χ4v) is 5.37. The molecule has 1 aliphatic rings. The Morgan fingerprint density at radius 2 is 1.46 bits per heavy atom. The van der Waals surface area contributed by atoms with Gasteiger partial charge in [0.05, 0.1) is 4.90 Å². The van der Waals surface area contributed by atoms with Gasteiger partial charge in [-0.3, -0.25) is 4.55 Å². The van der Waals surface area contributed by atoms with Crippen molar-refractivity contribution in [1.82, 2.24) is 0 Å². The number of anilines is 1. The predicted molar refractivity (Wildman–Crippen MR) is 144 cm³/mol. The molecule has 0 spiro atoms.